The first-order valence-corrected chi connectivity index (χ1v) is 4.88. The number of aliphatic hydroxyl groups is 1. The van der Waals surface area contributed by atoms with Crippen molar-refractivity contribution in [3.8, 4) is 0 Å². The van der Waals surface area contributed by atoms with E-state index in [0.717, 1.165) is 12.8 Å². The summed E-state index contributed by atoms with van der Waals surface area (Å²) in [7, 11) is 0. The van der Waals surface area contributed by atoms with Gasteiger partial charge in [0.05, 0.1) is 17.8 Å². The summed E-state index contributed by atoms with van der Waals surface area (Å²) in [5.74, 6) is -1.10. The van der Waals surface area contributed by atoms with Gasteiger partial charge in [0.15, 0.2) is 5.69 Å². The lowest BCUT2D eigenvalue weighted by Gasteiger charge is -2.24. The van der Waals surface area contributed by atoms with Gasteiger partial charge >= 0.3 is 5.97 Å². The Morgan fingerprint density at radius 1 is 1.73 bits per heavy atom. The fraction of sp³-hybridized carbons (Fsp3) is 0.667. The Kier molecular flexibility index (Phi) is 2.22. The Morgan fingerprint density at radius 2 is 2.47 bits per heavy atom. The second-order valence-electron chi connectivity index (χ2n) is 4.15. The fourth-order valence-electron chi connectivity index (χ4n) is 2.08. The van der Waals surface area contributed by atoms with Crippen LogP contribution in [0.2, 0.25) is 0 Å². The molecule has 0 aliphatic heterocycles. The third-order valence-electron chi connectivity index (χ3n) is 2.93. The molecule has 1 saturated carbocycles. The van der Waals surface area contributed by atoms with Crippen LogP contribution in [0.5, 0.6) is 0 Å². The van der Waals surface area contributed by atoms with E-state index in [2.05, 4.69) is 10.3 Å². The van der Waals surface area contributed by atoms with Gasteiger partial charge in [0.25, 0.3) is 0 Å². The van der Waals surface area contributed by atoms with Gasteiger partial charge < -0.3 is 10.2 Å². The first-order valence-electron chi connectivity index (χ1n) is 4.88. The molecule has 0 amide bonds. The molecule has 82 valence electrons. The first kappa shape index (κ1) is 10.1. The summed E-state index contributed by atoms with van der Waals surface area (Å²) in [5, 5.41) is 26.0. The molecular formula is C9H13N3O3. The zero-order valence-electron chi connectivity index (χ0n) is 8.42. The number of carboxylic acids is 1. The number of hydrogen-bond donors (Lipinski definition) is 2. The molecule has 2 N–H and O–H groups in total. The molecule has 0 aromatic carbocycles. The second kappa shape index (κ2) is 3.30. The predicted molar refractivity (Wildman–Crippen MR) is 50.5 cm³/mol. The number of aromatic carboxylic acids is 1. The minimum absolute atomic E-state index is 0.0855. The second-order valence-corrected chi connectivity index (χ2v) is 4.15. The summed E-state index contributed by atoms with van der Waals surface area (Å²) in [6, 6.07) is -0.168. The molecular weight excluding hydrogens is 198 g/mol. The van der Waals surface area contributed by atoms with Gasteiger partial charge in [-0.05, 0) is 26.2 Å². The number of aromatic nitrogens is 3. The van der Waals surface area contributed by atoms with Crippen LogP contribution in [-0.4, -0.2) is 36.8 Å². The molecule has 15 heavy (non-hydrogen) atoms. The quantitative estimate of drug-likeness (QED) is 0.741. The number of carboxylic acid groups (broad SMARTS) is 1. The van der Waals surface area contributed by atoms with E-state index in [4.69, 9.17) is 5.11 Å². The van der Waals surface area contributed by atoms with E-state index in [0.29, 0.717) is 6.42 Å². The SMILES string of the molecule is CC1(O)CCCC1n1cc(C(=O)O)nn1. The van der Waals surface area contributed by atoms with Crippen LogP contribution in [0.25, 0.3) is 0 Å². The van der Waals surface area contributed by atoms with E-state index in [-0.39, 0.29) is 11.7 Å². The summed E-state index contributed by atoms with van der Waals surface area (Å²) >= 11 is 0. The van der Waals surface area contributed by atoms with Gasteiger partial charge in [-0.25, -0.2) is 9.48 Å². The maximum Gasteiger partial charge on any atom is 0.358 e. The van der Waals surface area contributed by atoms with E-state index in [1.165, 1.54) is 10.9 Å². The molecule has 2 rings (SSSR count). The van der Waals surface area contributed by atoms with Crippen molar-refractivity contribution in [1.82, 2.24) is 15.0 Å². The van der Waals surface area contributed by atoms with Crippen molar-refractivity contribution in [2.75, 3.05) is 0 Å². The van der Waals surface area contributed by atoms with Crippen molar-refractivity contribution in [2.45, 2.75) is 37.8 Å². The Morgan fingerprint density at radius 3 is 2.93 bits per heavy atom. The highest BCUT2D eigenvalue weighted by atomic mass is 16.4. The highest BCUT2D eigenvalue weighted by Gasteiger charge is 2.39. The summed E-state index contributed by atoms with van der Waals surface area (Å²) < 4.78 is 1.45. The molecule has 6 nitrogen and oxygen atoms in total. The molecule has 2 atom stereocenters. The van der Waals surface area contributed by atoms with Crippen molar-refractivity contribution in [3.05, 3.63) is 11.9 Å². The Labute approximate surface area is 86.5 Å². The molecule has 1 aliphatic carbocycles. The van der Waals surface area contributed by atoms with Gasteiger partial charge in [0.2, 0.25) is 0 Å². The average Bonchev–Trinajstić information content (AvgIpc) is 2.69. The van der Waals surface area contributed by atoms with E-state index >= 15 is 0 Å². The predicted octanol–water partition coefficient (Wildman–Crippen LogP) is 0.452. The molecule has 0 spiro atoms. The Balaban J connectivity index is 2.26. The monoisotopic (exact) mass is 211 g/mol. The normalized spacial score (nSPS) is 30.7. The molecule has 2 unspecified atom stereocenters. The maximum absolute atomic E-state index is 10.6. The summed E-state index contributed by atoms with van der Waals surface area (Å²) in [5.41, 5.74) is -0.901. The minimum Gasteiger partial charge on any atom is -0.476 e. The maximum atomic E-state index is 10.6. The van der Waals surface area contributed by atoms with E-state index in [1.807, 2.05) is 0 Å². The molecule has 1 aromatic rings. The van der Waals surface area contributed by atoms with Gasteiger partial charge in [0.1, 0.15) is 0 Å². The minimum atomic E-state index is -1.10. The lowest BCUT2D eigenvalue weighted by molar-refractivity contribution is 0.0214. The first-order chi connectivity index (χ1) is 7.00. The van der Waals surface area contributed by atoms with Crippen LogP contribution in [0.3, 0.4) is 0 Å². The topological polar surface area (TPSA) is 88.2 Å². The van der Waals surface area contributed by atoms with Gasteiger partial charge in [-0.3, -0.25) is 0 Å². The van der Waals surface area contributed by atoms with E-state index in [9.17, 15) is 9.90 Å². The molecule has 0 radical (unpaired) electrons. The Hall–Kier alpha value is -1.43. The van der Waals surface area contributed by atoms with Crippen LogP contribution < -0.4 is 0 Å². The highest BCUT2D eigenvalue weighted by molar-refractivity contribution is 5.84. The zero-order chi connectivity index (χ0) is 11.1. The lowest BCUT2D eigenvalue weighted by atomic mass is 10.0. The van der Waals surface area contributed by atoms with Crippen molar-refractivity contribution in [2.24, 2.45) is 0 Å². The molecule has 1 heterocycles. The summed E-state index contributed by atoms with van der Waals surface area (Å²) in [6.07, 6.45) is 3.79. The van der Waals surface area contributed by atoms with Crippen LogP contribution in [0, 0.1) is 0 Å². The molecule has 0 saturated heterocycles. The van der Waals surface area contributed by atoms with Gasteiger partial charge in [-0.2, -0.15) is 0 Å². The smallest absolute Gasteiger partial charge is 0.358 e. The highest BCUT2D eigenvalue weighted by Crippen LogP contribution is 2.38. The molecule has 1 aromatic heterocycles. The summed E-state index contributed by atoms with van der Waals surface area (Å²) in [6.45, 7) is 1.74. The molecule has 0 bridgehead atoms. The average molecular weight is 211 g/mol. The van der Waals surface area contributed by atoms with Crippen LogP contribution in [0.15, 0.2) is 6.20 Å². The van der Waals surface area contributed by atoms with Gasteiger partial charge in [0, 0.05) is 0 Å². The zero-order valence-corrected chi connectivity index (χ0v) is 8.42. The van der Waals surface area contributed by atoms with E-state index < -0.39 is 11.6 Å². The molecule has 6 heteroatoms. The van der Waals surface area contributed by atoms with Crippen LogP contribution in [0.4, 0.5) is 0 Å². The lowest BCUT2D eigenvalue weighted by Crippen LogP contribution is -2.31. The summed E-state index contributed by atoms with van der Waals surface area (Å²) in [4.78, 5) is 10.6. The van der Waals surface area contributed by atoms with E-state index in [1.54, 1.807) is 6.92 Å². The van der Waals surface area contributed by atoms with Gasteiger partial charge in [-0.1, -0.05) is 5.21 Å². The largest absolute Gasteiger partial charge is 0.476 e. The Bertz CT molecular complexity index is 386. The van der Waals surface area contributed by atoms with Crippen molar-refractivity contribution < 1.29 is 15.0 Å². The number of nitrogens with zero attached hydrogens (tertiary/aromatic N) is 3. The number of hydrogen-bond acceptors (Lipinski definition) is 4. The van der Waals surface area contributed by atoms with Crippen LogP contribution in [-0.2, 0) is 0 Å². The fourth-order valence-corrected chi connectivity index (χ4v) is 2.08. The standard InChI is InChI=1S/C9H13N3O3/c1-9(15)4-2-3-7(9)12-5-6(8(13)14)10-11-12/h5,7,15H,2-4H2,1H3,(H,13,14). The van der Waals surface area contributed by atoms with Crippen molar-refractivity contribution in [1.29, 1.82) is 0 Å². The van der Waals surface area contributed by atoms with Crippen molar-refractivity contribution >= 4 is 5.97 Å². The third-order valence-corrected chi connectivity index (χ3v) is 2.93. The number of carbonyl (C=O) groups is 1. The van der Waals surface area contributed by atoms with Crippen LogP contribution >= 0.6 is 0 Å². The number of rotatable bonds is 2. The van der Waals surface area contributed by atoms with Crippen molar-refractivity contribution in [3.63, 3.8) is 0 Å². The third kappa shape index (κ3) is 1.72. The molecule has 1 fully saturated rings. The molecule has 1 aliphatic rings. The van der Waals surface area contributed by atoms with Crippen LogP contribution in [0.1, 0.15) is 42.7 Å². The van der Waals surface area contributed by atoms with Gasteiger partial charge in [-0.15, -0.1) is 5.10 Å².